The third-order valence-electron chi connectivity index (χ3n) is 2.81. The maximum Gasteiger partial charge on any atom is 0.323 e. The number of hydrogen-bond acceptors (Lipinski definition) is 3. The number of nitrogens with zero attached hydrogens (tertiary/aromatic N) is 1. The maximum atomic E-state index is 12.3. The minimum Gasteiger partial charge on any atom is -0.480 e. The smallest absolute Gasteiger partial charge is 0.323 e. The Morgan fingerprint density at radius 2 is 1.81 bits per heavy atom. The molecule has 0 saturated heterocycles. The van der Waals surface area contributed by atoms with E-state index < -0.39 is 12.0 Å². The summed E-state index contributed by atoms with van der Waals surface area (Å²) in [4.78, 5) is 24.8. The Bertz CT molecular complexity index is 509. The van der Waals surface area contributed by atoms with Crippen molar-refractivity contribution in [3.8, 4) is 0 Å². The van der Waals surface area contributed by atoms with Gasteiger partial charge in [0.2, 0.25) is 5.91 Å². The molecular formula is C15H21ClN2O3. The summed E-state index contributed by atoms with van der Waals surface area (Å²) < 4.78 is 0. The van der Waals surface area contributed by atoms with Gasteiger partial charge in [-0.15, -0.1) is 0 Å². The minimum absolute atomic E-state index is 0.223. The average Bonchev–Trinajstić information content (AvgIpc) is 2.34. The first kappa shape index (κ1) is 17.3. The quantitative estimate of drug-likeness (QED) is 0.876. The zero-order chi connectivity index (χ0) is 16.2. The molecule has 1 aromatic carbocycles. The molecule has 1 amide bonds. The third kappa shape index (κ3) is 5.63. The standard InChI is InChI=1S/C15H21ClN2O3/c1-10(14(21)17-15(2,3)4)18(9-13(19)20)12-7-5-11(16)6-8-12/h5-8,10H,9H2,1-4H3,(H,17,21)(H,19,20)/t10-/m1/s1. The largest absolute Gasteiger partial charge is 0.480 e. The number of carbonyl (C=O) groups is 2. The van der Waals surface area contributed by atoms with Crippen LogP contribution in [0.5, 0.6) is 0 Å². The Balaban J connectivity index is 2.99. The first-order valence-electron chi connectivity index (χ1n) is 6.66. The fraction of sp³-hybridized carbons (Fsp3) is 0.467. The van der Waals surface area contributed by atoms with Crippen molar-refractivity contribution in [2.24, 2.45) is 0 Å². The molecule has 0 spiro atoms. The molecule has 6 heteroatoms. The van der Waals surface area contributed by atoms with Crippen molar-refractivity contribution in [3.05, 3.63) is 29.3 Å². The molecule has 116 valence electrons. The van der Waals surface area contributed by atoms with Crippen molar-refractivity contribution in [3.63, 3.8) is 0 Å². The molecular weight excluding hydrogens is 292 g/mol. The van der Waals surface area contributed by atoms with Crippen molar-refractivity contribution in [1.82, 2.24) is 5.32 Å². The number of carbonyl (C=O) groups excluding carboxylic acids is 1. The van der Waals surface area contributed by atoms with Gasteiger partial charge in [0, 0.05) is 16.2 Å². The Labute approximate surface area is 129 Å². The second-order valence-electron chi connectivity index (χ2n) is 5.91. The monoisotopic (exact) mass is 312 g/mol. The highest BCUT2D eigenvalue weighted by Crippen LogP contribution is 2.20. The first-order valence-corrected chi connectivity index (χ1v) is 7.04. The molecule has 0 aromatic heterocycles. The molecule has 0 saturated carbocycles. The van der Waals surface area contributed by atoms with Crippen LogP contribution in [0.3, 0.4) is 0 Å². The average molecular weight is 313 g/mol. The van der Waals surface area contributed by atoms with Crippen LogP contribution in [-0.2, 0) is 9.59 Å². The molecule has 1 rings (SSSR count). The van der Waals surface area contributed by atoms with E-state index >= 15 is 0 Å². The number of halogens is 1. The van der Waals surface area contributed by atoms with E-state index in [0.717, 1.165) is 0 Å². The maximum absolute atomic E-state index is 12.3. The van der Waals surface area contributed by atoms with Crippen LogP contribution >= 0.6 is 11.6 Å². The van der Waals surface area contributed by atoms with Gasteiger partial charge in [-0.2, -0.15) is 0 Å². The number of hydrogen-bond donors (Lipinski definition) is 2. The van der Waals surface area contributed by atoms with E-state index in [0.29, 0.717) is 10.7 Å². The summed E-state index contributed by atoms with van der Waals surface area (Å²) in [6.07, 6.45) is 0. The molecule has 2 N–H and O–H groups in total. The number of aliphatic carboxylic acids is 1. The van der Waals surface area contributed by atoms with Crippen molar-refractivity contribution in [2.75, 3.05) is 11.4 Å². The van der Waals surface area contributed by atoms with E-state index in [1.165, 1.54) is 4.90 Å². The van der Waals surface area contributed by atoms with E-state index in [-0.39, 0.29) is 18.0 Å². The summed E-state index contributed by atoms with van der Waals surface area (Å²) >= 11 is 5.84. The summed E-state index contributed by atoms with van der Waals surface area (Å²) in [6.45, 7) is 7.04. The first-order chi connectivity index (χ1) is 9.60. The van der Waals surface area contributed by atoms with Gasteiger partial charge in [0.15, 0.2) is 0 Å². The van der Waals surface area contributed by atoms with Crippen LogP contribution in [0.15, 0.2) is 24.3 Å². The molecule has 0 heterocycles. The summed E-state index contributed by atoms with van der Waals surface area (Å²) in [5.74, 6) is -1.22. The number of carboxylic acid groups (broad SMARTS) is 1. The second kappa shape index (κ2) is 6.80. The van der Waals surface area contributed by atoms with Crippen LogP contribution in [0.4, 0.5) is 5.69 Å². The molecule has 1 aromatic rings. The van der Waals surface area contributed by atoms with Crippen molar-refractivity contribution in [1.29, 1.82) is 0 Å². The summed E-state index contributed by atoms with van der Waals surface area (Å²) in [6, 6.07) is 6.12. The Morgan fingerprint density at radius 3 is 2.24 bits per heavy atom. The number of rotatable bonds is 5. The summed E-state index contributed by atoms with van der Waals surface area (Å²) in [5, 5.41) is 12.5. The van der Waals surface area contributed by atoms with Gasteiger partial charge in [-0.3, -0.25) is 9.59 Å². The Hall–Kier alpha value is -1.75. The summed E-state index contributed by atoms with van der Waals surface area (Å²) in [5.41, 5.74) is 0.263. The Kier molecular flexibility index (Phi) is 5.61. The van der Waals surface area contributed by atoms with Gasteiger partial charge in [-0.05, 0) is 52.0 Å². The number of nitrogens with one attached hydrogen (secondary N) is 1. The molecule has 0 bridgehead atoms. The van der Waals surface area contributed by atoms with Gasteiger partial charge in [0.05, 0.1) is 0 Å². The lowest BCUT2D eigenvalue weighted by atomic mass is 10.1. The van der Waals surface area contributed by atoms with Crippen molar-refractivity contribution < 1.29 is 14.7 Å². The van der Waals surface area contributed by atoms with Gasteiger partial charge >= 0.3 is 5.97 Å². The molecule has 0 fully saturated rings. The summed E-state index contributed by atoms with van der Waals surface area (Å²) in [7, 11) is 0. The number of amides is 1. The highest BCUT2D eigenvalue weighted by Gasteiger charge is 2.26. The topological polar surface area (TPSA) is 69.6 Å². The zero-order valence-corrected chi connectivity index (χ0v) is 13.4. The van der Waals surface area contributed by atoms with E-state index in [1.54, 1.807) is 31.2 Å². The molecule has 0 aliphatic heterocycles. The minimum atomic E-state index is -1.000. The van der Waals surface area contributed by atoms with Gasteiger partial charge in [0.1, 0.15) is 12.6 Å². The predicted octanol–water partition coefficient (Wildman–Crippen LogP) is 2.53. The lowest BCUT2D eigenvalue weighted by Gasteiger charge is -2.31. The second-order valence-corrected chi connectivity index (χ2v) is 6.35. The molecule has 5 nitrogen and oxygen atoms in total. The highest BCUT2D eigenvalue weighted by atomic mass is 35.5. The van der Waals surface area contributed by atoms with E-state index in [9.17, 15) is 9.59 Å². The molecule has 21 heavy (non-hydrogen) atoms. The highest BCUT2D eigenvalue weighted by molar-refractivity contribution is 6.30. The number of benzene rings is 1. The van der Waals surface area contributed by atoms with Crippen LogP contribution in [0.25, 0.3) is 0 Å². The van der Waals surface area contributed by atoms with Gasteiger partial charge in [-0.25, -0.2) is 0 Å². The van der Waals surface area contributed by atoms with Crippen LogP contribution in [-0.4, -0.2) is 35.1 Å². The van der Waals surface area contributed by atoms with Gasteiger partial charge in [0.25, 0.3) is 0 Å². The van der Waals surface area contributed by atoms with Gasteiger partial charge < -0.3 is 15.3 Å². The van der Waals surface area contributed by atoms with E-state index in [1.807, 2.05) is 20.8 Å². The van der Waals surface area contributed by atoms with E-state index in [2.05, 4.69) is 5.32 Å². The number of carboxylic acids is 1. The van der Waals surface area contributed by atoms with Crippen LogP contribution < -0.4 is 10.2 Å². The van der Waals surface area contributed by atoms with Crippen LogP contribution in [0.1, 0.15) is 27.7 Å². The zero-order valence-electron chi connectivity index (χ0n) is 12.7. The normalized spacial score (nSPS) is 12.6. The third-order valence-corrected chi connectivity index (χ3v) is 3.06. The SMILES string of the molecule is C[C@H](C(=O)NC(C)(C)C)N(CC(=O)O)c1ccc(Cl)cc1. The molecule has 1 atom stereocenters. The molecule has 0 unspecified atom stereocenters. The van der Waals surface area contributed by atoms with Gasteiger partial charge in [-0.1, -0.05) is 11.6 Å². The van der Waals surface area contributed by atoms with Crippen molar-refractivity contribution >= 4 is 29.2 Å². The predicted molar refractivity (Wildman–Crippen MR) is 83.8 cm³/mol. The molecule has 0 radical (unpaired) electrons. The number of anilines is 1. The molecule has 0 aliphatic rings. The van der Waals surface area contributed by atoms with Crippen LogP contribution in [0, 0.1) is 0 Å². The lowest BCUT2D eigenvalue weighted by molar-refractivity contribution is -0.135. The molecule has 0 aliphatic carbocycles. The van der Waals surface area contributed by atoms with E-state index in [4.69, 9.17) is 16.7 Å². The van der Waals surface area contributed by atoms with Crippen molar-refractivity contribution in [2.45, 2.75) is 39.3 Å². The lowest BCUT2D eigenvalue weighted by Crippen LogP contribution is -2.52. The fourth-order valence-corrected chi connectivity index (χ4v) is 1.97. The Morgan fingerprint density at radius 1 is 1.29 bits per heavy atom. The van der Waals surface area contributed by atoms with Crippen LogP contribution in [0.2, 0.25) is 5.02 Å². The fourth-order valence-electron chi connectivity index (χ4n) is 1.85.